The fraction of sp³-hybridized carbons (Fsp3) is 0.105. The van der Waals surface area contributed by atoms with Crippen molar-refractivity contribution in [3.8, 4) is 17.9 Å². The summed E-state index contributed by atoms with van der Waals surface area (Å²) in [5.74, 6) is 0.0687. The highest BCUT2D eigenvalue weighted by Gasteiger charge is 2.12. The van der Waals surface area contributed by atoms with Gasteiger partial charge in [0.25, 0.3) is 5.91 Å². The van der Waals surface area contributed by atoms with Crippen LogP contribution in [0.1, 0.15) is 11.1 Å². The molecule has 2 rings (SSSR count). The van der Waals surface area contributed by atoms with E-state index >= 15 is 0 Å². The SMILES string of the molecule is Cc1ccc(NC(=O)/C(C#N)=C/c2cc(Br)c(OCC#N)c(I)c2)cc1. The Bertz CT molecular complexity index is 918. The predicted molar refractivity (Wildman–Crippen MR) is 111 cm³/mol. The standard InChI is InChI=1S/C19H13BrIN3O2/c1-12-2-4-15(5-3-12)24-19(25)14(11-23)8-13-9-16(20)18(17(21)10-13)26-7-6-22/h2-5,8-10H,7H2,1H3,(H,24,25)/b14-8+. The van der Waals surface area contributed by atoms with Crippen molar-refractivity contribution in [2.75, 3.05) is 11.9 Å². The number of nitrogens with zero attached hydrogens (tertiary/aromatic N) is 2. The third kappa shape index (κ3) is 5.32. The van der Waals surface area contributed by atoms with Gasteiger partial charge in [0.05, 0.1) is 8.04 Å². The van der Waals surface area contributed by atoms with Crippen LogP contribution in [0.15, 0.2) is 46.4 Å². The Morgan fingerprint density at radius 1 is 1.31 bits per heavy atom. The van der Waals surface area contributed by atoms with Gasteiger partial charge in [0, 0.05) is 5.69 Å². The van der Waals surface area contributed by atoms with Crippen molar-refractivity contribution in [3.63, 3.8) is 0 Å². The van der Waals surface area contributed by atoms with Crippen LogP contribution >= 0.6 is 38.5 Å². The highest BCUT2D eigenvalue weighted by atomic mass is 127. The zero-order valence-electron chi connectivity index (χ0n) is 13.7. The van der Waals surface area contributed by atoms with Gasteiger partial charge in [0.1, 0.15) is 23.5 Å². The van der Waals surface area contributed by atoms with Crippen LogP contribution in [-0.4, -0.2) is 12.5 Å². The van der Waals surface area contributed by atoms with Crippen molar-refractivity contribution < 1.29 is 9.53 Å². The zero-order chi connectivity index (χ0) is 19.1. The maximum atomic E-state index is 12.3. The van der Waals surface area contributed by atoms with Gasteiger partial charge in [-0.3, -0.25) is 4.79 Å². The maximum Gasteiger partial charge on any atom is 0.266 e. The number of halogens is 2. The molecule has 26 heavy (non-hydrogen) atoms. The van der Waals surface area contributed by atoms with Crippen molar-refractivity contribution in [1.29, 1.82) is 10.5 Å². The summed E-state index contributed by atoms with van der Waals surface area (Å²) in [4.78, 5) is 12.3. The van der Waals surface area contributed by atoms with E-state index in [1.165, 1.54) is 6.08 Å². The second-order valence-corrected chi connectivity index (χ2v) is 7.27. The van der Waals surface area contributed by atoms with Crippen molar-refractivity contribution in [2.24, 2.45) is 0 Å². The van der Waals surface area contributed by atoms with Crippen LogP contribution in [0, 0.1) is 33.2 Å². The van der Waals surface area contributed by atoms with Gasteiger partial charge in [-0.15, -0.1) is 0 Å². The van der Waals surface area contributed by atoms with Crippen molar-refractivity contribution in [2.45, 2.75) is 6.92 Å². The predicted octanol–water partition coefficient (Wildman–Crippen LogP) is 4.81. The number of nitrogens with one attached hydrogen (secondary N) is 1. The van der Waals surface area contributed by atoms with Gasteiger partial charge in [0.15, 0.2) is 6.61 Å². The smallest absolute Gasteiger partial charge is 0.266 e. The number of benzene rings is 2. The number of rotatable bonds is 5. The topological polar surface area (TPSA) is 85.9 Å². The molecule has 0 saturated heterocycles. The molecule has 0 aromatic heterocycles. The van der Waals surface area contributed by atoms with Gasteiger partial charge in [-0.25, -0.2) is 0 Å². The lowest BCUT2D eigenvalue weighted by Gasteiger charge is -2.09. The number of nitriles is 2. The van der Waals surface area contributed by atoms with Crippen LogP contribution in [0.3, 0.4) is 0 Å². The molecule has 0 unspecified atom stereocenters. The van der Waals surface area contributed by atoms with Gasteiger partial charge < -0.3 is 10.1 Å². The Morgan fingerprint density at radius 3 is 2.58 bits per heavy atom. The molecule has 0 spiro atoms. The van der Waals surface area contributed by atoms with E-state index in [9.17, 15) is 10.1 Å². The Hall–Kier alpha value is -2.36. The number of carbonyl (C=O) groups is 1. The molecule has 5 nitrogen and oxygen atoms in total. The average Bonchev–Trinajstić information content (AvgIpc) is 2.61. The quantitative estimate of drug-likeness (QED) is 0.347. The molecule has 0 aliphatic rings. The Labute approximate surface area is 173 Å². The lowest BCUT2D eigenvalue weighted by molar-refractivity contribution is -0.112. The molecule has 0 atom stereocenters. The third-order valence-corrected chi connectivity index (χ3v) is 4.68. The van der Waals surface area contributed by atoms with E-state index in [0.717, 1.165) is 9.13 Å². The first-order chi connectivity index (χ1) is 12.4. The summed E-state index contributed by atoms with van der Waals surface area (Å²) in [6.07, 6.45) is 1.50. The van der Waals surface area contributed by atoms with E-state index < -0.39 is 5.91 Å². The molecule has 0 heterocycles. The Balaban J connectivity index is 2.25. The minimum Gasteiger partial charge on any atom is -0.476 e. The monoisotopic (exact) mass is 521 g/mol. The number of ether oxygens (including phenoxy) is 1. The molecular weight excluding hydrogens is 509 g/mol. The first-order valence-electron chi connectivity index (χ1n) is 7.43. The van der Waals surface area contributed by atoms with E-state index in [0.29, 0.717) is 21.5 Å². The first-order valence-corrected chi connectivity index (χ1v) is 9.30. The minimum atomic E-state index is -0.479. The molecule has 130 valence electrons. The van der Waals surface area contributed by atoms with E-state index in [4.69, 9.17) is 10.00 Å². The zero-order valence-corrected chi connectivity index (χ0v) is 17.5. The van der Waals surface area contributed by atoms with Gasteiger partial charge in [-0.1, -0.05) is 17.7 Å². The number of anilines is 1. The normalized spacial score (nSPS) is 10.6. The average molecular weight is 522 g/mol. The van der Waals surface area contributed by atoms with Gasteiger partial charge >= 0.3 is 0 Å². The summed E-state index contributed by atoms with van der Waals surface area (Å²) in [7, 11) is 0. The van der Waals surface area contributed by atoms with Gasteiger partial charge in [-0.2, -0.15) is 10.5 Å². The van der Waals surface area contributed by atoms with Crippen molar-refractivity contribution in [1.82, 2.24) is 0 Å². The molecule has 1 N–H and O–H groups in total. The van der Waals surface area contributed by atoms with E-state index in [2.05, 4.69) is 43.8 Å². The minimum absolute atomic E-state index is 0.0148. The van der Waals surface area contributed by atoms with E-state index in [-0.39, 0.29) is 12.2 Å². The largest absolute Gasteiger partial charge is 0.476 e. The van der Waals surface area contributed by atoms with Crippen LogP contribution in [-0.2, 0) is 4.79 Å². The van der Waals surface area contributed by atoms with Crippen LogP contribution in [0.5, 0.6) is 5.75 Å². The van der Waals surface area contributed by atoms with Gasteiger partial charge in [0.2, 0.25) is 0 Å². The third-order valence-electron chi connectivity index (χ3n) is 3.29. The van der Waals surface area contributed by atoms with Crippen molar-refractivity contribution >= 4 is 56.2 Å². The van der Waals surface area contributed by atoms with Crippen LogP contribution in [0.2, 0.25) is 0 Å². The summed E-state index contributed by atoms with van der Waals surface area (Å²) in [5, 5.41) is 20.7. The summed E-state index contributed by atoms with van der Waals surface area (Å²) < 4.78 is 6.76. The van der Waals surface area contributed by atoms with Crippen LogP contribution < -0.4 is 10.1 Å². The summed E-state index contributed by atoms with van der Waals surface area (Å²) >= 11 is 5.46. The second kappa shape index (κ2) is 9.37. The molecule has 0 aliphatic carbocycles. The molecule has 0 bridgehead atoms. The van der Waals surface area contributed by atoms with Crippen LogP contribution in [0.25, 0.3) is 6.08 Å². The lowest BCUT2D eigenvalue weighted by atomic mass is 10.1. The Kier molecular flexibility index (Phi) is 7.19. The number of aryl methyl sites for hydroxylation is 1. The summed E-state index contributed by atoms with van der Waals surface area (Å²) in [6.45, 7) is 1.89. The molecule has 0 saturated carbocycles. The fourth-order valence-corrected chi connectivity index (χ4v) is 3.82. The lowest BCUT2D eigenvalue weighted by Crippen LogP contribution is -2.13. The number of hydrogen-bond donors (Lipinski definition) is 1. The molecule has 7 heteroatoms. The Morgan fingerprint density at radius 2 is 2.00 bits per heavy atom. The van der Waals surface area contributed by atoms with E-state index in [1.807, 2.05) is 31.2 Å². The van der Waals surface area contributed by atoms with Gasteiger partial charge in [-0.05, 0) is 81.3 Å². The van der Waals surface area contributed by atoms with Crippen LogP contribution in [0.4, 0.5) is 5.69 Å². The van der Waals surface area contributed by atoms with Crippen molar-refractivity contribution in [3.05, 3.63) is 61.1 Å². The van der Waals surface area contributed by atoms with E-state index in [1.54, 1.807) is 24.3 Å². The molecular formula is C19H13BrIN3O2. The first kappa shape index (κ1) is 20.0. The summed E-state index contributed by atoms with van der Waals surface area (Å²) in [6, 6.07) is 14.7. The summed E-state index contributed by atoms with van der Waals surface area (Å²) in [5.41, 5.74) is 2.36. The maximum absolute atomic E-state index is 12.3. The molecule has 0 radical (unpaired) electrons. The highest BCUT2D eigenvalue weighted by Crippen LogP contribution is 2.32. The molecule has 0 aliphatic heterocycles. The molecule has 2 aromatic carbocycles. The molecule has 2 aromatic rings. The molecule has 0 fully saturated rings. The second-order valence-electron chi connectivity index (χ2n) is 5.25. The fourth-order valence-electron chi connectivity index (χ4n) is 2.06. The number of carbonyl (C=O) groups excluding carboxylic acids is 1. The number of hydrogen-bond acceptors (Lipinski definition) is 4. The number of amides is 1. The highest BCUT2D eigenvalue weighted by molar-refractivity contribution is 14.1. The molecule has 1 amide bonds.